The van der Waals surface area contributed by atoms with Gasteiger partial charge in [-0.1, -0.05) is 6.07 Å². The first kappa shape index (κ1) is 11.2. The summed E-state index contributed by atoms with van der Waals surface area (Å²) in [6, 6.07) is 7.68. The molecule has 1 heterocycles. The van der Waals surface area contributed by atoms with E-state index in [0.717, 1.165) is 21.1 Å². The molecule has 0 atom stereocenters. The molecule has 0 aliphatic heterocycles. The molecule has 0 N–H and O–H groups in total. The van der Waals surface area contributed by atoms with E-state index in [0.29, 0.717) is 12.5 Å². The van der Waals surface area contributed by atoms with Gasteiger partial charge in [0.2, 0.25) is 5.88 Å². The van der Waals surface area contributed by atoms with Gasteiger partial charge in [0.15, 0.2) is 0 Å². The maximum atomic E-state index is 5.40. The molecule has 84 valence electrons. The van der Waals surface area contributed by atoms with Crippen molar-refractivity contribution in [2.24, 2.45) is 0 Å². The lowest BCUT2D eigenvalue weighted by molar-refractivity contribution is 0.324. The normalized spacial score (nSPS) is 10.4. The number of benzene rings is 1. The Bertz CT molecular complexity index is 514. The van der Waals surface area contributed by atoms with Crippen molar-refractivity contribution in [3.05, 3.63) is 28.7 Å². The number of fused-ring (bicyclic) bond motifs is 1. The molecule has 0 unspecified atom stereocenters. The van der Waals surface area contributed by atoms with Crippen LogP contribution in [0.4, 0.5) is 0 Å². The Morgan fingerprint density at radius 2 is 2.19 bits per heavy atom. The summed E-state index contributed by atoms with van der Waals surface area (Å²) in [5.74, 6) is 1.36. The number of pyridine rings is 1. The van der Waals surface area contributed by atoms with Crippen LogP contribution in [0.3, 0.4) is 0 Å². The Balaban J connectivity index is 2.69. The Morgan fingerprint density at radius 1 is 1.38 bits per heavy atom. The Hall–Kier alpha value is -1.29. The van der Waals surface area contributed by atoms with Crippen molar-refractivity contribution >= 4 is 26.8 Å². The number of nitrogens with zero attached hydrogens (tertiary/aromatic N) is 1. The van der Waals surface area contributed by atoms with Crippen molar-refractivity contribution in [1.29, 1.82) is 0 Å². The van der Waals surface area contributed by atoms with E-state index in [9.17, 15) is 0 Å². The second kappa shape index (κ2) is 4.70. The van der Waals surface area contributed by atoms with Gasteiger partial charge >= 0.3 is 0 Å². The van der Waals surface area contributed by atoms with Crippen molar-refractivity contribution in [3.8, 4) is 11.6 Å². The number of methoxy groups -OCH3 is 1. The number of ether oxygens (including phenoxy) is 2. The molecular weight excluding hydrogens is 270 g/mol. The molecule has 1 aromatic heterocycles. The molecule has 0 radical (unpaired) electrons. The van der Waals surface area contributed by atoms with Crippen LogP contribution in [0, 0.1) is 0 Å². The van der Waals surface area contributed by atoms with E-state index >= 15 is 0 Å². The summed E-state index contributed by atoms with van der Waals surface area (Å²) in [4.78, 5) is 4.42. The monoisotopic (exact) mass is 281 g/mol. The molecule has 0 saturated carbocycles. The van der Waals surface area contributed by atoms with Crippen LogP contribution in [0.25, 0.3) is 10.9 Å². The van der Waals surface area contributed by atoms with Gasteiger partial charge in [0, 0.05) is 15.9 Å². The maximum absolute atomic E-state index is 5.40. The third-order valence-electron chi connectivity index (χ3n) is 2.24. The average molecular weight is 282 g/mol. The van der Waals surface area contributed by atoms with Crippen LogP contribution in [0.1, 0.15) is 6.92 Å². The number of aromatic nitrogens is 1. The van der Waals surface area contributed by atoms with Gasteiger partial charge in [-0.2, -0.15) is 0 Å². The predicted octanol–water partition coefficient (Wildman–Crippen LogP) is 3.40. The summed E-state index contributed by atoms with van der Waals surface area (Å²) in [5.41, 5.74) is 0.852. The van der Waals surface area contributed by atoms with Crippen LogP contribution in [0.15, 0.2) is 28.7 Å². The summed E-state index contributed by atoms with van der Waals surface area (Å²) in [6.07, 6.45) is 0. The van der Waals surface area contributed by atoms with E-state index < -0.39 is 0 Å². The highest BCUT2D eigenvalue weighted by molar-refractivity contribution is 9.10. The number of para-hydroxylation sites is 1. The Morgan fingerprint density at radius 3 is 2.88 bits per heavy atom. The Labute approximate surface area is 103 Å². The molecule has 1 aromatic carbocycles. The van der Waals surface area contributed by atoms with Gasteiger partial charge in [0.1, 0.15) is 5.75 Å². The molecule has 2 rings (SSSR count). The van der Waals surface area contributed by atoms with Gasteiger partial charge in [0.05, 0.1) is 19.2 Å². The van der Waals surface area contributed by atoms with Gasteiger partial charge in [-0.15, -0.1) is 0 Å². The molecule has 16 heavy (non-hydrogen) atoms. The first-order valence-electron chi connectivity index (χ1n) is 5.02. The highest BCUT2D eigenvalue weighted by Gasteiger charge is 2.08. The lowest BCUT2D eigenvalue weighted by Gasteiger charge is -2.09. The lowest BCUT2D eigenvalue weighted by atomic mass is 10.2. The molecule has 2 aromatic rings. The second-order valence-corrected chi connectivity index (χ2v) is 4.09. The predicted molar refractivity (Wildman–Crippen MR) is 67.2 cm³/mol. The summed E-state index contributed by atoms with van der Waals surface area (Å²) >= 11 is 3.47. The lowest BCUT2D eigenvalue weighted by Crippen LogP contribution is -1.96. The molecule has 0 aliphatic rings. The fourth-order valence-electron chi connectivity index (χ4n) is 1.55. The van der Waals surface area contributed by atoms with Crippen LogP contribution in [-0.4, -0.2) is 18.7 Å². The molecule has 0 bridgehead atoms. The van der Waals surface area contributed by atoms with E-state index in [-0.39, 0.29) is 0 Å². The third-order valence-corrected chi connectivity index (χ3v) is 2.88. The summed E-state index contributed by atoms with van der Waals surface area (Å²) in [6.45, 7) is 2.52. The number of hydrogen-bond donors (Lipinski definition) is 0. The van der Waals surface area contributed by atoms with Crippen molar-refractivity contribution in [2.75, 3.05) is 13.7 Å². The molecule has 0 aliphatic carbocycles. The fraction of sp³-hybridized carbons (Fsp3) is 0.250. The second-order valence-electron chi connectivity index (χ2n) is 3.23. The van der Waals surface area contributed by atoms with Crippen LogP contribution in [-0.2, 0) is 0 Å². The maximum Gasteiger partial charge on any atom is 0.217 e. The molecule has 3 nitrogen and oxygen atoms in total. The largest absolute Gasteiger partial charge is 0.496 e. The SMILES string of the molecule is CCOc1cc(OC)c2cccc(Br)c2n1. The molecule has 0 spiro atoms. The van der Waals surface area contributed by atoms with Crippen LogP contribution in [0.5, 0.6) is 11.6 Å². The topological polar surface area (TPSA) is 31.4 Å². The standard InChI is InChI=1S/C12H12BrNO2/c1-3-16-11-7-10(15-2)8-5-4-6-9(13)12(8)14-11/h4-7H,3H2,1-2H3. The quantitative estimate of drug-likeness (QED) is 0.864. The molecule has 4 heteroatoms. The van der Waals surface area contributed by atoms with Crippen molar-refractivity contribution < 1.29 is 9.47 Å². The van der Waals surface area contributed by atoms with Crippen LogP contribution >= 0.6 is 15.9 Å². The van der Waals surface area contributed by atoms with Crippen LogP contribution < -0.4 is 9.47 Å². The van der Waals surface area contributed by atoms with E-state index in [2.05, 4.69) is 20.9 Å². The van der Waals surface area contributed by atoms with Crippen molar-refractivity contribution in [2.45, 2.75) is 6.92 Å². The number of halogens is 1. The highest BCUT2D eigenvalue weighted by Crippen LogP contribution is 2.32. The van der Waals surface area contributed by atoms with E-state index in [1.165, 1.54) is 0 Å². The Kier molecular flexibility index (Phi) is 3.29. The van der Waals surface area contributed by atoms with Gasteiger partial charge in [0.25, 0.3) is 0 Å². The zero-order chi connectivity index (χ0) is 11.5. The molecular formula is C12H12BrNO2. The van der Waals surface area contributed by atoms with Gasteiger partial charge in [-0.25, -0.2) is 4.98 Å². The minimum absolute atomic E-state index is 0.582. The van der Waals surface area contributed by atoms with E-state index in [1.807, 2.05) is 25.1 Å². The van der Waals surface area contributed by atoms with Gasteiger partial charge < -0.3 is 9.47 Å². The smallest absolute Gasteiger partial charge is 0.217 e. The van der Waals surface area contributed by atoms with Gasteiger partial charge in [-0.3, -0.25) is 0 Å². The third kappa shape index (κ3) is 1.97. The summed E-state index contributed by atoms with van der Waals surface area (Å²) < 4.78 is 11.7. The molecule has 0 saturated heterocycles. The first-order valence-corrected chi connectivity index (χ1v) is 5.81. The zero-order valence-corrected chi connectivity index (χ0v) is 10.7. The van der Waals surface area contributed by atoms with Gasteiger partial charge in [-0.05, 0) is 35.0 Å². The van der Waals surface area contributed by atoms with Crippen LogP contribution in [0.2, 0.25) is 0 Å². The highest BCUT2D eigenvalue weighted by atomic mass is 79.9. The van der Waals surface area contributed by atoms with Crippen molar-refractivity contribution in [1.82, 2.24) is 4.98 Å². The molecule has 0 amide bonds. The first-order chi connectivity index (χ1) is 7.76. The minimum Gasteiger partial charge on any atom is -0.496 e. The van der Waals surface area contributed by atoms with E-state index in [1.54, 1.807) is 13.2 Å². The summed E-state index contributed by atoms with van der Waals surface area (Å²) in [7, 11) is 1.64. The molecule has 0 fully saturated rings. The summed E-state index contributed by atoms with van der Waals surface area (Å²) in [5, 5.41) is 0.973. The van der Waals surface area contributed by atoms with E-state index in [4.69, 9.17) is 9.47 Å². The number of rotatable bonds is 3. The number of hydrogen-bond acceptors (Lipinski definition) is 3. The minimum atomic E-state index is 0.582. The average Bonchev–Trinajstić information content (AvgIpc) is 2.30. The fourth-order valence-corrected chi connectivity index (χ4v) is 2.01. The zero-order valence-electron chi connectivity index (χ0n) is 9.16. The van der Waals surface area contributed by atoms with Crippen molar-refractivity contribution in [3.63, 3.8) is 0 Å².